The average molecular weight is 362 g/mol. The Morgan fingerprint density at radius 3 is 2.12 bits per heavy atom. The van der Waals surface area contributed by atoms with Gasteiger partial charge in [0.2, 0.25) is 0 Å². The van der Waals surface area contributed by atoms with Crippen LogP contribution in [0.2, 0.25) is 0 Å². The molecule has 0 aliphatic rings. The first-order valence-corrected chi connectivity index (χ1v) is 9.83. The minimum absolute atomic E-state index is 0.263. The Bertz CT molecular complexity index is 826. The molecular weight excluding hydrogens is 336 g/mol. The van der Waals surface area contributed by atoms with Crippen molar-refractivity contribution in [2.75, 3.05) is 29.8 Å². The highest BCUT2D eigenvalue weighted by atomic mass is 32.2. The summed E-state index contributed by atoms with van der Waals surface area (Å²) in [6.45, 7) is 9.60. The first-order chi connectivity index (χ1) is 11.8. The van der Waals surface area contributed by atoms with Gasteiger partial charge in [0.05, 0.1) is 12.0 Å². The fourth-order valence-electron chi connectivity index (χ4n) is 2.81. The lowest BCUT2D eigenvalue weighted by Crippen LogP contribution is -2.21. The van der Waals surface area contributed by atoms with Crippen LogP contribution in [0.3, 0.4) is 0 Å². The summed E-state index contributed by atoms with van der Waals surface area (Å²) in [6, 6.07) is 10.8. The van der Waals surface area contributed by atoms with Crippen LogP contribution in [-0.4, -0.2) is 28.6 Å². The highest BCUT2D eigenvalue weighted by Gasteiger charge is 2.19. The van der Waals surface area contributed by atoms with Gasteiger partial charge in [-0.3, -0.25) is 4.72 Å². The van der Waals surface area contributed by atoms with Gasteiger partial charge in [-0.25, -0.2) is 8.42 Å². The molecule has 0 radical (unpaired) electrons. The molecule has 2 rings (SSSR count). The maximum Gasteiger partial charge on any atom is 0.262 e. The number of anilines is 2. The molecule has 0 aliphatic heterocycles. The zero-order chi connectivity index (χ0) is 18.6. The Morgan fingerprint density at radius 1 is 1.00 bits per heavy atom. The smallest absolute Gasteiger partial charge is 0.262 e. The van der Waals surface area contributed by atoms with Crippen molar-refractivity contribution >= 4 is 21.4 Å². The van der Waals surface area contributed by atoms with Crippen LogP contribution >= 0.6 is 0 Å². The molecule has 5 nitrogen and oxygen atoms in total. The van der Waals surface area contributed by atoms with Crippen molar-refractivity contribution in [2.45, 2.75) is 32.6 Å². The Balaban J connectivity index is 2.29. The minimum Gasteiger partial charge on any atom is -0.496 e. The lowest BCUT2D eigenvalue weighted by Gasteiger charge is -2.21. The number of ether oxygens (including phenoxy) is 1. The molecule has 0 bridgehead atoms. The molecule has 2 aromatic rings. The van der Waals surface area contributed by atoms with E-state index in [1.165, 1.54) is 0 Å². The molecule has 0 saturated heterocycles. The van der Waals surface area contributed by atoms with Gasteiger partial charge >= 0.3 is 0 Å². The lowest BCUT2D eigenvalue weighted by atomic mass is 10.1. The van der Waals surface area contributed by atoms with Gasteiger partial charge in [-0.15, -0.1) is 0 Å². The van der Waals surface area contributed by atoms with Crippen molar-refractivity contribution in [2.24, 2.45) is 0 Å². The van der Waals surface area contributed by atoms with Gasteiger partial charge in [0.25, 0.3) is 10.0 Å². The Kier molecular flexibility index (Phi) is 5.95. The van der Waals surface area contributed by atoms with Gasteiger partial charge in [0, 0.05) is 24.5 Å². The number of hydrogen-bond donors (Lipinski definition) is 1. The maximum atomic E-state index is 12.7. The Labute approximate surface area is 150 Å². The molecule has 6 heteroatoms. The van der Waals surface area contributed by atoms with Crippen molar-refractivity contribution in [3.05, 3.63) is 47.5 Å². The second kappa shape index (κ2) is 7.78. The molecule has 1 N–H and O–H groups in total. The topological polar surface area (TPSA) is 58.6 Å². The van der Waals surface area contributed by atoms with Gasteiger partial charge in [0.1, 0.15) is 5.75 Å². The van der Waals surface area contributed by atoms with E-state index in [9.17, 15) is 8.42 Å². The zero-order valence-electron chi connectivity index (χ0n) is 15.5. The standard InChI is InChI=1S/C19H26N2O3S/c1-6-21(7-2)17-10-8-16(9-11-17)20-25(22,23)19-13-14(3)18(24-5)12-15(19)4/h8-13,20H,6-7H2,1-5H3. The summed E-state index contributed by atoms with van der Waals surface area (Å²) in [4.78, 5) is 2.47. The fraction of sp³-hybridized carbons (Fsp3) is 0.368. The van der Waals surface area contributed by atoms with E-state index in [4.69, 9.17) is 4.74 Å². The van der Waals surface area contributed by atoms with Crippen molar-refractivity contribution in [3.63, 3.8) is 0 Å². The van der Waals surface area contributed by atoms with Gasteiger partial charge in [0.15, 0.2) is 0 Å². The van der Waals surface area contributed by atoms with E-state index < -0.39 is 10.0 Å². The van der Waals surface area contributed by atoms with E-state index in [0.717, 1.165) is 24.3 Å². The molecule has 0 unspecified atom stereocenters. The molecular formula is C19H26N2O3S. The number of nitrogens with zero attached hydrogens (tertiary/aromatic N) is 1. The number of hydrogen-bond acceptors (Lipinski definition) is 4. The summed E-state index contributed by atoms with van der Waals surface area (Å²) in [6.07, 6.45) is 0. The summed E-state index contributed by atoms with van der Waals surface area (Å²) < 4.78 is 33.4. The normalized spacial score (nSPS) is 11.2. The molecule has 0 aromatic heterocycles. The van der Waals surface area contributed by atoms with E-state index in [1.807, 2.05) is 19.1 Å². The van der Waals surface area contributed by atoms with Crippen LogP contribution in [0.25, 0.3) is 0 Å². The molecule has 2 aromatic carbocycles. The van der Waals surface area contributed by atoms with Crippen molar-refractivity contribution in [1.29, 1.82) is 0 Å². The monoisotopic (exact) mass is 362 g/mol. The predicted molar refractivity (Wildman–Crippen MR) is 103 cm³/mol. The van der Waals surface area contributed by atoms with Crippen molar-refractivity contribution < 1.29 is 13.2 Å². The SMILES string of the molecule is CCN(CC)c1ccc(NS(=O)(=O)c2cc(C)c(OC)cc2C)cc1. The Morgan fingerprint density at radius 2 is 1.60 bits per heavy atom. The molecule has 0 fully saturated rings. The van der Waals surface area contributed by atoms with Crippen LogP contribution in [0.1, 0.15) is 25.0 Å². The van der Waals surface area contributed by atoms with Crippen molar-refractivity contribution in [3.8, 4) is 5.75 Å². The zero-order valence-corrected chi connectivity index (χ0v) is 16.3. The third-order valence-electron chi connectivity index (χ3n) is 4.23. The highest BCUT2D eigenvalue weighted by molar-refractivity contribution is 7.92. The third-order valence-corrected chi connectivity index (χ3v) is 5.75. The minimum atomic E-state index is -3.65. The first-order valence-electron chi connectivity index (χ1n) is 8.35. The second-order valence-corrected chi connectivity index (χ2v) is 7.56. The van der Waals surface area contributed by atoms with Crippen molar-refractivity contribution in [1.82, 2.24) is 0 Å². The quantitative estimate of drug-likeness (QED) is 0.810. The molecule has 0 heterocycles. The molecule has 25 heavy (non-hydrogen) atoms. The number of benzene rings is 2. The molecule has 0 aliphatic carbocycles. The van der Waals surface area contributed by atoms with E-state index in [0.29, 0.717) is 17.0 Å². The van der Waals surface area contributed by atoms with Gasteiger partial charge in [-0.2, -0.15) is 0 Å². The summed E-state index contributed by atoms with van der Waals surface area (Å²) in [7, 11) is -2.08. The summed E-state index contributed by atoms with van der Waals surface area (Å²) >= 11 is 0. The summed E-state index contributed by atoms with van der Waals surface area (Å²) in [5.74, 6) is 0.681. The Hall–Kier alpha value is -2.21. The molecule has 136 valence electrons. The van der Waals surface area contributed by atoms with Gasteiger partial charge in [-0.05, 0) is 75.2 Å². The van der Waals surface area contributed by atoms with Gasteiger partial charge < -0.3 is 9.64 Å². The highest BCUT2D eigenvalue weighted by Crippen LogP contribution is 2.27. The summed E-state index contributed by atoms with van der Waals surface area (Å²) in [5.41, 5.74) is 3.05. The number of nitrogens with one attached hydrogen (secondary N) is 1. The summed E-state index contributed by atoms with van der Waals surface area (Å²) in [5, 5.41) is 0. The van der Waals surface area contributed by atoms with E-state index in [2.05, 4.69) is 23.5 Å². The van der Waals surface area contributed by atoms with E-state index in [1.54, 1.807) is 38.3 Å². The van der Waals surface area contributed by atoms with E-state index in [-0.39, 0.29) is 4.90 Å². The largest absolute Gasteiger partial charge is 0.496 e. The van der Waals surface area contributed by atoms with Crippen LogP contribution in [0.4, 0.5) is 11.4 Å². The van der Waals surface area contributed by atoms with Crippen LogP contribution < -0.4 is 14.4 Å². The second-order valence-electron chi connectivity index (χ2n) is 5.91. The number of rotatable bonds is 7. The number of methoxy groups -OCH3 is 1. The molecule has 0 saturated carbocycles. The van der Waals surface area contributed by atoms with Crippen LogP contribution in [0.15, 0.2) is 41.3 Å². The fourth-order valence-corrected chi connectivity index (χ4v) is 4.18. The average Bonchev–Trinajstić information content (AvgIpc) is 2.58. The van der Waals surface area contributed by atoms with Crippen LogP contribution in [0, 0.1) is 13.8 Å². The maximum absolute atomic E-state index is 12.7. The van der Waals surface area contributed by atoms with E-state index >= 15 is 0 Å². The third kappa shape index (κ3) is 4.25. The number of aryl methyl sites for hydroxylation is 2. The molecule has 0 atom stereocenters. The lowest BCUT2D eigenvalue weighted by molar-refractivity contribution is 0.411. The first kappa shape index (κ1) is 19.1. The van der Waals surface area contributed by atoms with Crippen LogP contribution in [-0.2, 0) is 10.0 Å². The molecule has 0 amide bonds. The molecule has 0 spiro atoms. The van der Waals surface area contributed by atoms with Gasteiger partial charge in [-0.1, -0.05) is 0 Å². The van der Waals surface area contributed by atoms with Crippen LogP contribution in [0.5, 0.6) is 5.75 Å². The number of sulfonamides is 1. The predicted octanol–water partition coefficient (Wildman–Crippen LogP) is 3.96.